The lowest BCUT2D eigenvalue weighted by Crippen LogP contribution is -2.09. The maximum atomic E-state index is 11.2. The summed E-state index contributed by atoms with van der Waals surface area (Å²) >= 11 is 5.97. The average Bonchev–Trinajstić information content (AvgIpc) is 2.32. The number of ether oxygens (including phenoxy) is 1. The molecule has 0 aliphatic carbocycles. The number of halogens is 1. The van der Waals surface area contributed by atoms with E-state index >= 15 is 0 Å². The van der Waals surface area contributed by atoms with Crippen LogP contribution in [0, 0.1) is 0 Å². The zero-order chi connectivity index (χ0) is 12.7. The van der Waals surface area contributed by atoms with Gasteiger partial charge in [-0.3, -0.25) is 4.79 Å². The van der Waals surface area contributed by atoms with Crippen LogP contribution >= 0.6 is 11.6 Å². The predicted molar refractivity (Wildman–Crippen MR) is 65.6 cm³/mol. The Morgan fingerprint density at radius 3 is 2.71 bits per heavy atom. The number of carbonyl (C=O) groups excluding carboxylic acids is 1. The molecule has 0 saturated carbocycles. The van der Waals surface area contributed by atoms with Crippen molar-refractivity contribution in [1.82, 2.24) is 0 Å². The Bertz CT molecular complexity index is 418. The maximum absolute atomic E-state index is 11.2. The lowest BCUT2D eigenvalue weighted by molar-refractivity contribution is -0.142. The van der Waals surface area contributed by atoms with Crippen LogP contribution in [-0.4, -0.2) is 23.5 Å². The molecule has 0 bridgehead atoms. The van der Waals surface area contributed by atoms with Crippen molar-refractivity contribution in [1.29, 1.82) is 0 Å². The van der Waals surface area contributed by atoms with Crippen LogP contribution in [0.5, 0.6) is 0 Å². The quantitative estimate of drug-likeness (QED) is 0.381. The van der Waals surface area contributed by atoms with Crippen LogP contribution < -0.4 is 0 Å². The highest BCUT2D eigenvalue weighted by Crippen LogP contribution is 2.18. The molecule has 92 valence electrons. The lowest BCUT2D eigenvalue weighted by Gasteiger charge is -2.06. The van der Waals surface area contributed by atoms with Gasteiger partial charge in [0, 0.05) is 17.0 Å². The summed E-state index contributed by atoms with van der Waals surface area (Å²) in [5.74, 6) is -0.319. The van der Waals surface area contributed by atoms with Crippen LogP contribution in [0.25, 0.3) is 0 Å². The molecule has 0 unspecified atom stereocenters. The van der Waals surface area contributed by atoms with E-state index in [0.717, 1.165) is 0 Å². The SMILES string of the molecule is CCOC(=O)CCC(=NO)c1ccccc1Cl. The van der Waals surface area contributed by atoms with Gasteiger partial charge in [-0.15, -0.1) is 0 Å². The minimum atomic E-state index is -0.319. The average molecular weight is 256 g/mol. The van der Waals surface area contributed by atoms with Gasteiger partial charge in [0.15, 0.2) is 0 Å². The molecule has 0 amide bonds. The minimum Gasteiger partial charge on any atom is -0.466 e. The number of benzene rings is 1. The Morgan fingerprint density at radius 2 is 2.12 bits per heavy atom. The highest BCUT2D eigenvalue weighted by Gasteiger charge is 2.11. The van der Waals surface area contributed by atoms with E-state index in [1.54, 1.807) is 31.2 Å². The van der Waals surface area contributed by atoms with E-state index in [4.69, 9.17) is 21.5 Å². The molecule has 0 atom stereocenters. The van der Waals surface area contributed by atoms with E-state index in [9.17, 15) is 4.79 Å². The van der Waals surface area contributed by atoms with Crippen LogP contribution in [0.1, 0.15) is 25.3 Å². The zero-order valence-corrected chi connectivity index (χ0v) is 10.3. The van der Waals surface area contributed by atoms with Crippen molar-refractivity contribution < 1.29 is 14.7 Å². The summed E-state index contributed by atoms with van der Waals surface area (Å²) in [6.45, 7) is 2.09. The first-order valence-corrected chi connectivity index (χ1v) is 5.68. The second-order valence-corrected chi connectivity index (χ2v) is 3.74. The molecule has 1 N–H and O–H groups in total. The highest BCUT2D eigenvalue weighted by atomic mass is 35.5. The van der Waals surface area contributed by atoms with E-state index in [1.807, 2.05) is 0 Å². The number of nitrogens with zero attached hydrogens (tertiary/aromatic N) is 1. The Labute approximate surface area is 105 Å². The van der Waals surface area contributed by atoms with Crippen molar-refractivity contribution in [3.8, 4) is 0 Å². The van der Waals surface area contributed by atoms with Gasteiger partial charge >= 0.3 is 5.97 Å². The van der Waals surface area contributed by atoms with E-state index in [1.165, 1.54) is 0 Å². The van der Waals surface area contributed by atoms with E-state index < -0.39 is 0 Å². The monoisotopic (exact) mass is 255 g/mol. The molecule has 0 saturated heterocycles. The van der Waals surface area contributed by atoms with Gasteiger partial charge in [0.1, 0.15) is 0 Å². The molecule has 0 fully saturated rings. The molecule has 4 nitrogen and oxygen atoms in total. The summed E-state index contributed by atoms with van der Waals surface area (Å²) in [5.41, 5.74) is 1.00. The van der Waals surface area contributed by atoms with Gasteiger partial charge in [-0.1, -0.05) is 35.0 Å². The number of hydrogen-bond donors (Lipinski definition) is 1. The summed E-state index contributed by atoms with van der Waals surface area (Å²) in [6.07, 6.45) is 0.456. The number of esters is 1. The highest BCUT2D eigenvalue weighted by molar-refractivity contribution is 6.34. The molecule has 1 aromatic rings. The van der Waals surface area contributed by atoms with Gasteiger partial charge in [0.25, 0.3) is 0 Å². The fourth-order valence-corrected chi connectivity index (χ4v) is 1.63. The van der Waals surface area contributed by atoms with Crippen LogP contribution in [-0.2, 0) is 9.53 Å². The molecule has 0 aliphatic heterocycles. The molecular weight excluding hydrogens is 242 g/mol. The van der Waals surface area contributed by atoms with Crippen molar-refractivity contribution in [2.45, 2.75) is 19.8 Å². The molecule has 0 aromatic heterocycles. The Kier molecular flexibility index (Phi) is 5.49. The fraction of sp³-hybridized carbons (Fsp3) is 0.333. The van der Waals surface area contributed by atoms with Crippen LogP contribution in [0.2, 0.25) is 5.02 Å². The largest absolute Gasteiger partial charge is 0.466 e. The Morgan fingerprint density at radius 1 is 1.41 bits per heavy atom. The topological polar surface area (TPSA) is 58.9 Å². The van der Waals surface area contributed by atoms with Gasteiger partial charge in [0.05, 0.1) is 18.7 Å². The standard InChI is InChI=1S/C12H14ClNO3/c1-2-17-12(15)8-7-11(14-16)9-5-3-4-6-10(9)13/h3-6,16H,2,7-8H2,1H3. The van der Waals surface area contributed by atoms with Gasteiger partial charge in [-0.2, -0.15) is 0 Å². The molecule has 1 aromatic carbocycles. The second-order valence-electron chi connectivity index (χ2n) is 3.33. The summed E-state index contributed by atoms with van der Waals surface area (Å²) in [6, 6.07) is 7.01. The lowest BCUT2D eigenvalue weighted by atomic mass is 10.1. The third-order valence-corrected chi connectivity index (χ3v) is 2.51. The van der Waals surface area contributed by atoms with Gasteiger partial charge in [-0.05, 0) is 13.0 Å². The molecule has 5 heteroatoms. The van der Waals surface area contributed by atoms with Gasteiger partial charge < -0.3 is 9.94 Å². The molecule has 0 spiro atoms. The third kappa shape index (κ3) is 4.07. The maximum Gasteiger partial charge on any atom is 0.306 e. The first-order chi connectivity index (χ1) is 8.19. The number of rotatable bonds is 5. The summed E-state index contributed by atoms with van der Waals surface area (Å²) in [5, 5.41) is 12.6. The number of carbonyl (C=O) groups is 1. The molecule has 0 aliphatic rings. The molecule has 0 radical (unpaired) electrons. The Balaban J connectivity index is 2.68. The molecule has 17 heavy (non-hydrogen) atoms. The second kappa shape index (κ2) is 6.91. The molecule has 0 heterocycles. The summed E-state index contributed by atoms with van der Waals surface area (Å²) in [7, 11) is 0. The van der Waals surface area contributed by atoms with Crippen molar-refractivity contribution in [2.24, 2.45) is 5.16 Å². The van der Waals surface area contributed by atoms with Crippen molar-refractivity contribution in [2.75, 3.05) is 6.61 Å². The first kappa shape index (κ1) is 13.5. The smallest absolute Gasteiger partial charge is 0.306 e. The summed E-state index contributed by atoms with van der Waals surface area (Å²) in [4.78, 5) is 11.2. The van der Waals surface area contributed by atoms with Crippen LogP contribution in [0.3, 0.4) is 0 Å². The van der Waals surface area contributed by atoms with Crippen LogP contribution in [0.15, 0.2) is 29.4 Å². The zero-order valence-electron chi connectivity index (χ0n) is 9.52. The molecular formula is C12H14ClNO3. The normalized spacial score (nSPS) is 11.3. The third-order valence-electron chi connectivity index (χ3n) is 2.18. The van der Waals surface area contributed by atoms with Crippen molar-refractivity contribution in [3.05, 3.63) is 34.9 Å². The first-order valence-electron chi connectivity index (χ1n) is 5.30. The van der Waals surface area contributed by atoms with Crippen LogP contribution in [0.4, 0.5) is 0 Å². The van der Waals surface area contributed by atoms with E-state index in [2.05, 4.69) is 5.16 Å². The summed E-state index contributed by atoms with van der Waals surface area (Å²) < 4.78 is 4.79. The molecule has 1 rings (SSSR count). The predicted octanol–water partition coefficient (Wildman–Crippen LogP) is 2.86. The van der Waals surface area contributed by atoms with E-state index in [-0.39, 0.29) is 12.4 Å². The van der Waals surface area contributed by atoms with Crippen molar-refractivity contribution >= 4 is 23.3 Å². The van der Waals surface area contributed by atoms with E-state index in [0.29, 0.717) is 29.3 Å². The fourth-order valence-electron chi connectivity index (χ4n) is 1.39. The minimum absolute atomic E-state index is 0.165. The van der Waals surface area contributed by atoms with Crippen molar-refractivity contribution in [3.63, 3.8) is 0 Å². The van der Waals surface area contributed by atoms with Gasteiger partial charge in [0.2, 0.25) is 0 Å². The Hall–Kier alpha value is -1.55. The number of oxime groups is 1. The number of hydrogen-bond acceptors (Lipinski definition) is 4. The van der Waals surface area contributed by atoms with Gasteiger partial charge in [-0.25, -0.2) is 0 Å².